The van der Waals surface area contributed by atoms with Gasteiger partial charge in [-0.2, -0.15) is 5.10 Å². The highest BCUT2D eigenvalue weighted by molar-refractivity contribution is 5.92. The first-order valence-electron chi connectivity index (χ1n) is 9.87. The van der Waals surface area contributed by atoms with Gasteiger partial charge in [-0.15, -0.1) is 0 Å². The Labute approximate surface area is 174 Å². The summed E-state index contributed by atoms with van der Waals surface area (Å²) in [6.45, 7) is 3.31. The highest BCUT2D eigenvalue weighted by Gasteiger charge is 2.12. The second kappa shape index (κ2) is 10.2. The van der Waals surface area contributed by atoms with E-state index in [0.29, 0.717) is 18.7 Å². The van der Waals surface area contributed by atoms with Crippen molar-refractivity contribution in [2.75, 3.05) is 13.2 Å². The Morgan fingerprint density at radius 1 is 1.20 bits per heavy atom. The van der Waals surface area contributed by atoms with E-state index in [1.165, 1.54) is 16.8 Å². The van der Waals surface area contributed by atoms with Crippen molar-refractivity contribution in [3.63, 3.8) is 0 Å². The third-order valence-electron chi connectivity index (χ3n) is 4.52. The summed E-state index contributed by atoms with van der Waals surface area (Å²) in [5.74, 6) is 0.557. The number of nitro benzene ring substituents is 1. The van der Waals surface area contributed by atoms with Gasteiger partial charge in [0.15, 0.2) is 5.69 Å². The summed E-state index contributed by atoms with van der Waals surface area (Å²) in [7, 11) is 0. The number of unbranched alkanes of at least 4 members (excludes halogenated alkanes) is 1. The minimum absolute atomic E-state index is 0.0317. The average Bonchev–Trinajstić information content (AvgIpc) is 3.25. The van der Waals surface area contributed by atoms with Gasteiger partial charge in [-0.25, -0.2) is 4.68 Å². The number of aromatic nitrogens is 2. The number of hydrogen-bond acceptors (Lipinski definition) is 5. The topological polar surface area (TPSA) is 99.3 Å². The number of amides is 1. The van der Waals surface area contributed by atoms with Crippen molar-refractivity contribution in [2.45, 2.75) is 26.2 Å². The fourth-order valence-electron chi connectivity index (χ4n) is 2.84. The Kier molecular flexibility index (Phi) is 7.15. The molecule has 3 rings (SSSR count). The monoisotopic (exact) mass is 408 g/mol. The lowest BCUT2D eigenvalue weighted by Crippen LogP contribution is -2.26. The molecule has 0 saturated carbocycles. The van der Waals surface area contributed by atoms with Gasteiger partial charge < -0.3 is 10.1 Å². The summed E-state index contributed by atoms with van der Waals surface area (Å²) in [4.78, 5) is 22.8. The maximum absolute atomic E-state index is 12.3. The van der Waals surface area contributed by atoms with Crippen molar-refractivity contribution in [2.24, 2.45) is 0 Å². The molecule has 1 N–H and O–H groups in total. The molecule has 0 bridgehead atoms. The lowest BCUT2D eigenvalue weighted by atomic mass is 10.1. The number of carbonyl (C=O) groups is 1. The molecule has 0 saturated heterocycles. The lowest BCUT2D eigenvalue weighted by molar-refractivity contribution is -0.384. The Bertz CT molecular complexity index is 998. The summed E-state index contributed by atoms with van der Waals surface area (Å²) in [6, 6.07) is 15.5. The first-order valence-corrected chi connectivity index (χ1v) is 9.87. The minimum Gasteiger partial charge on any atom is -0.494 e. The van der Waals surface area contributed by atoms with Crippen molar-refractivity contribution in [1.29, 1.82) is 0 Å². The van der Waals surface area contributed by atoms with Gasteiger partial charge in [-0.05, 0) is 42.7 Å². The second-order valence-electron chi connectivity index (χ2n) is 6.77. The maximum Gasteiger partial charge on any atom is 0.271 e. The van der Waals surface area contributed by atoms with Crippen LogP contribution >= 0.6 is 0 Å². The number of carbonyl (C=O) groups excluding carboxylic acids is 1. The number of benzene rings is 2. The number of rotatable bonds is 10. The smallest absolute Gasteiger partial charge is 0.271 e. The lowest BCUT2D eigenvalue weighted by Gasteiger charge is -2.07. The van der Waals surface area contributed by atoms with Crippen LogP contribution in [-0.2, 0) is 6.42 Å². The molecule has 8 nitrogen and oxygen atoms in total. The third-order valence-corrected chi connectivity index (χ3v) is 4.52. The molecule has 1 amide bonds. The molecule has 0 aliphatic carbocycles. The number of non-ortho nitro benzene ring substituents is 1. The van der Waals surface area contributed by atoms with E-state index in [0.717, 1.165) is 30.8 Å². The average molecular weight is 408 g/mol. The molecule has 0 aliphatic rings. The number of hydrogen-bond donors (Lipinski definition) is 1. The highest BCUT2D eigenvalue weighted by Crippen LogP contribution is 2.16. The van der Waals surface area contributed by atoms with Crippen LogP contribution in [0, 0.1) is 10.1 Å². The van der Waals surface area contributed by atoms with Crippen LogP contribution in [0.15, 0.2) is 60.8 Å². The van der Waals surface area contributed by atoms with E-state index >= 15 is 0 Å². The second-order valence-corrected chi connectivity index (χ2v) is 6.77. The van der Waals surface area contributed by atoms with E-state index in [1.54, 1.807) is 24.4 Å². The summed E-state index contributed by atoms with van der Waals surface area (Å²) in [5.41, 5.74) is 1.83. The first-order chi connectivity index (χ1) is 14.6. The summed E-state index contributed by atoms with van der Waals surface area (Å²) in [6.07, 6.45) is 4.42. The molecule has 156 valence electrons. The van der Waals surface area contributed by atoms with Crippen LogP contribution in [0.2, 0.25) is 0 Å². The van der Waals surface area contributed by atoms with E-state index in [4.69, 9.17) is 4.74 Å². The Morgan fingerprint density at radius 3 is 2.73 bits per heavy atom. The number of nitrogens with one attached hydrogen (secondary N) is 1. The Morgan fingerprint density at radius 2 is 2.00 bits per heavy atom. The van der Waals surface area contributed by atoms with E-state index in [2.05, 4.69) is 17.3 Å². The molecule has 8 heteroatoms. The highest BCUT2D eigenvalue weighted by atomic mass is 16.6. The molecule has 0 atom stereocenters. The van der Waals surface area contributed by atoms with E-state index in [9.17, 15) is 14.9 Å². The molecule has 0 spiro atoms. The molecule has 0 fully saturated rings. The van der Waals surface area contributed by atoms with Crippen LogP contribution in [0.25, 0.3) is 5.69 Å². The summed E-state index contributed by atoms with van der Waals surface area (Å²) in [5, 5.41) is 18.0. The van der Waals surface area contributed by atoms with Crippen LogP contribution in [0.4, 0.5) is 5.69 Å². The predicted molar refractivity (Wildman–Crippen MR) is 113 cm³/mol. The van der Waals surface area contributed by atoms with Crippen LogP contribution < -0.4 is 10.1 Å². The zero-order valence-electron chi connectivity index (χ0n) is 16.8. The van der Waals surface area contributed by atoms with E-state index in [-0.39, 0.29) is 17.3 Å². The molecule has 1 heterocycles. The summed E-state index contributed by atoms with van der Waals surface area (Å²) >= 11 is 0. The molecule has 3 aromatic rings. The van der Waals surface area contributed by atoms with Gasteiger partial charge in [0.1, 0.15) is 5.75 Å². The number of nitrogens with zero attached hydrogens (tertiary/aromatic N) is 3. The van der Waals surface area contributed by atoms with Gasteiger partial charge in [-0.1, -0.05) is 31.5 Å². The molecular formula is C22H24N4O4. The summed E-state index contributed by atoms with van der Waals surface area (Å²) < 4.78 is 7.09. The van der Waals surface area contributed by atoms with Crippen LogP contribution in [0.3, 0.4) is 0 Å². The van der Waals surface area contributed by atoms with E-state index in [1.807, 2.05) is 24.3 Å². The largest absolute Gasteiger partial charge is 0.494 e. The standard InChI is InChI=1S/C22H24N4O4/c1-2-3-15-30-20-9-7-17(8-10-20)11-13-23-22(27)21-12-14-25(24-21)18-5-4-6-19(16-18)26(28)29/h4-10,12,14,16H,2-3,11,13,15H2,1H3,(H,23,27). The molecular weight excluding hydrogens is 384 g/mol. The molecule has 0 aliphatic heterocycles. The zero-order valence-corrected chi connectivity index (χ0v) is 16.8. The quantitative estimate of drug-likeness (QED) is 0.311. The van der Waals surface area contributed by atoms with Crippen molar-refractivity contribution < 1.29 is 14.5 Å². The Balaban J connectivity index is 1.51. The fourth-order valence-corrected chi connectivity index (χ4v) is 2.84. The van der Waals surface area contributed by atoms with Crippen LogP contribution in [0.5, 0.6) is 5.75 Å². The molecule has 0 radical (unpaired) electrons. The minimum atomic E-state index is -0.468. The molecule has 0 unspecified atom stereocenters. The maximum atomic E-state index is 12.3. The van der Waals surface area contributed by atoms with Gasteiger partial charge in [0.05, 0.1) is 17.2 Å². The Hall–Kier alpha value is -3.68. The van der Waals surface area contributed by atoms with Gasteiger partial charge in [0.25, 0.3) is 11.6 Å². The van der Waals surface area contributed by atoms with E-state index < -0.39 is 4.92 Å². The normalized spacial score (nSPS) is 10.6. The van der Waals surface area contributed by atoms with Crippen molar-refractivity contribution in [1.82, 2.24) is 15.1 Å². The number of ether oxygens (including phenoxy) is 1. The molecule has 1 aromatic heterocycles. The fraction of sp³-hybridized carbons (Fsp3) is 0.273. The molecule has 2 aromatic carbocycles. The first kappa shape index (κ1) is 21.0. The van der Waals surface area contributed by atoms with Gasteiger partial charge in [-0.3, -0.25) is 14.9 Å². The van der Waals surface area contributed by atoms with Gasteiger partial charge in [0.2, 0.25) is 0 Å². The zero-order chi connectivity index (χ0) is 21.3. The van der Waals surface area contributed by atoms with Crippen molar-refractivity contribution in [3.8, 4) is 11.4 Å². The van der Waals surface area contributed by atoms with Crippen LogP contribution in [-0.4, -0.2) is 33.8 Å². The third kappa shape index (κ3) is 5.66. The number of nitro groups is 1. The predicted octanol–water partition coefficient (Wildman–Crippen LogP) is 3.93. The van der Waals surface area contributed by atoms with Crippen LogP contribution in [0.1, 0.15) is 35.8 Å². The molecule has 30 heavy (non-hydrogen) atoms. The van der Waals surface area contributed by atoms with Crippen molar-refractivity contribution >= 4 is 11.6 Å². The SMILES string of the molecule is CCCCOc1ccc(CCNC(=O)c2ccn(-c3cccc([N+](=O)[O-])c3)n2)cc1. The van der Waals surface area contributed by atoms with Gasteiger partial charge >= 0.3 is 0 Å². The van der Waals surface area contributed by atoms with Crippen molar-refractivity contribution in [3.05, 3.63) is 82.2 Å². The van der Waals surface area contributed by atoms with Gasteiger partial charge in [0, 0.05) is 24.9 Å².